The van der Waals surface area contributed by atoms with Gasteiger partial charge in [0.05, 0.1) is 39.4 Å². The van der Waals surface area contributed by atoms with Crippen molar-refractivity contribution in [3.05, 3.63) is 71.4 Å². The van der Waals surface area contributed by atoms with Gasteiger partial charge in [0, 0.05) is 12.7 Å². The Bertz CT molecular complexity index is 1530. The molecule has 1 aromatic heterocycles. The van der Waals surface area contributed by atoms with Gasteiger partial charge in [0.25, 0.3) is 0 Å². The lowest BCUT2D eigenvalue weighted by atomic mass is 9.97. The molecule has 2 aromatic carbocycles. The molecule has 0 saturated heterocycles. The number of aliphatic carboxylic acids is 1. The zero-order valence-electron chi connectivity index (χ0n) is 26.8. The Morgan fingerprint density at radius 1 is 0.870 bits per heavy atom. The Morgan fingerprint density at radius 2 is 1.59 bits per heavy atom. The van der Waals surface area contributed by atoms with Gasteiger partial charge in [-0.3, -0.25) is 19.7 Å². The van der Waals surface area contributed by atoms with E-state index in [0.29, 0.717) is 46.3 Å². The summed E-state index contributed by atoms with van der Waals surface area (Å²) in [5, 5.41) is 20.7. The number of methoxy groups -OCH3 is 3. The second-order valence-electron chi connectivity index (χ2n) is 11.0. The summed E-state index contributed by atoms with van der Waals surface area (Å²) in [5.41, 5.74) is 2.35. The largest absolute Gasteiger partial charge is 0.495 e. The van der Waals surface area contributed by atoms with E-state index in [1.807, 2.05) is 26.8 Å². The third kappa shape index (κ3) is 10.1. The predicted molar refractivity (Wildman–Crippen MR) is 173 cm³/mol. The first-order valence-corrected chi connectivity index (χ1v) is 14.6. The van der Waals surface area contributed by atoms with Crippen LogP contribution in [0.4, 0.5) is 16.3 Å². The topological polar surface area (TPSA) is 177 Å². The molecule has 13 nitrogen and oxygen atoms in total. The normalized spacial score (nSPS) is 12.0. The minimum atomic E-state index is -1.13. The molecule has 0 aliphatic carbocycles. The van der Waals surface area contributed by atoms with Crippen LogP contribution in [0.25, 0.3) is 0 Å². The number of benzene rings is 2. The molecule has 0 spiro atoms. The predicted octanol–water partition coefficient (Wildman–Crippen LogP) is 4.12. The summed E-state index contributed by atoms with van der Waals surface area (Å²) in [6, 6.07) is 11.8. The molecule has 246 valence electrons. The second kappa shape index (κ2) is 16.7. The first kappa shape index (κ1) is 35.2. The van der Waals surface area contributed by atoms with Gasteiger partial charge < -0.3 is 35.3 Å². The third-order valence-electron chi connectivity index (χ3n) is 6.98. The molecule has 0 aliphatic rings. The molecular formula is C33H41N5O8. The van der Waals surface area contributed by atoms with Crippen molar-refractivity contribution in [3.63, 3.8) is 0 Å². The summed E-state index contributed by atoms with van der Waals surface area (Å²) in [6.45, 7) is 5.52. The van der Waals surface area contributed by atoms with Gasteiger partial charge in [0.15, 0.2) is 11.5 Å². The van der Waals surface area contributed by atoms with E-state index in [-0.39, 0.29) is 18.9 Å². The van der Waals surface area contributed by atoms with Gasteiger partial charge >= 0.3 is 12.0 Å². The number of aryl methyl sites for hydroxylation is 1. The number of rotatable bonds is 15. The quantitative estimate of drug-likeness (QED) is 0.164. The summed E-state index contributed by atoms with van der Waals surface area (Å²) < 4.78 is 15.9. The molecule has 0 saturated carbocycles. The molecule has 0 unspecified atom stereocenters. The van der Waals surface area contributed by atoms with E-state index >= 15 is 0 Å². The molecule has 13 heteroatoms. The summed E-state index contributed by atoms with van der Waals surface area (Å²) >= 11 is 0. The van der Waals surface area contributed by atoms with Gasteiger partial charge in [0.2, 0.25) is 11.8 Å². The van der Waals surface area contributed by atoms with Crippen LogP contribution in [-0.4, -0.2) is 67.8 Å². The molecule has 3 rings (SSSR count). The van der Waals surface area contributed by atoms with Gasteiger partial charge in [-0.1, -0.05) is 32.0 Å². The number of ether oxygens (including phenoxy) is 3. The molecule has 46 heavy (non-hydrogen) atoms. The van der Waals surface area contributed by atoms with Crippen molar-refractivity contribution in [3.8, 4) is 17.2 Å². The summed E-state index contributed by atoms with van der Waals surface area (Å²) in [4.78, 5) is 55.0. The number of urea groups is 1. The minimum Gasteiger partial charge on any atom is -0.495 e. The van der Waals surface area contributed by atoms with Gasteiger partial charge in [-0.05, 0) is 66.3 Å². The van der Waals surface area contributed by atoms with Crippen LogP contribution in [0.2, 0.25) is 0 Å². The number of carbonyl (C=O) groups is 4. The average Bonchev–Trinajstić information content (AvgIpc) is 3.01. The van der Waals surface area contributed by atoms with Crippen LogP contribution in [0.5, 0.6) is 17.2 Å². The lowest BCUT2D eigenvalue weighted by Crippen LogP contribution is -2.49. The van der Waals surface area contributed by atoms with Crippen LogP contribution in [-0.2, 0) is 20.8 Å². The van der Waals surface area contributed by atoms with E-state index in [1.54, 1.807) is 48.7 Å². The van der Waals surface area contributed by atoms with Crippen LogP contribution in [0.1, 0.15) is 42.9 Å². The lowest BCUT2D eigenvalue weighted by molar-refractivity contribution is -0.139. The highest BCUT2D eigenvalue weighted by molar-refractivity contribution is 6.00. The van der Waals surface area contributed by atoms with Crippen LogP contribution in [0, 0.1) is 12.8 Å². The molecule has 5 N–H and O–H groups in total. The number of aromatic nitrogens is 1. The Kier molecular flexibility index (Phi) is 12.7. The number of carboxylic acids is 1. The van der Waals surface area contributed by atoms with Crippen molar-refractivity contribution in [2.75, 3.05) is 38.5 Å². The Hall–Kier alpha value is -5.33. The fraction of sp³-hybridized carbons (Fsp3) is 0.364. The SMILES string of the molecule is COc1cc(CC(=O)N[C@@H](CC(C)C)C(=O)NC[C@@H](C(=O)O)c2ccc(OC)c(OC)c2)ccc1NC(=O)Nc1ccc(C)cn1. The number of amides is 4. The number of carboxylic acid groups (broad SMARTS) is 1. The van der Waals surface area contributed by atoms with Gasteiger partial charge in [0.1, 0.15) is 17.6 Å². The standard InChI is InChI=1S/C33H41N5O8/c1-19(2)13-25(31(40)35-18-23(32(41)42)22-9-11-26(44-4)28(16-22)46-6)36-30(39)15-21-8-10-24(27(14-21)45-5)37-33(43)38-29-12-7-20(3)17-34-29/h7-12,14,16-17,19,23,25H,13,15,18H2,1-6H3,(H,35,40)(H,36,39)(H,41,42)(H2,34,37,38,43)/t23-,25+/m1/s1. The number of hydrogen-bond acceptors (Lipinski definition) is 8. The second-order valence-corrected chi connectivity index (χ2v) is 11.0. The maximum atomic E-state index is 13.2. The maximum Gasteiger partial charge on any atom is 0.324 e. The fourth-order valence-electron chi connectivity index (χ4n) is 4.64. The fourth-order valence-corrected chi connectivity index (χ4v) is 4.64. The maximum absolute atomic E-state index is 13.2. The van der Waals surface area contributed by atoms with Crippen LogP contribution in [0.3, 0.4) is 0 Å². The molecule has 3 aromatic rings. The van der Waals surface area contributed by atoms with E-state index in [1.165, 1.54) is 21.3 Å². The molecule has 0 fully saturated rings. The molecule has 1 heterocycles. The van der Waals surface area contributed by atoms with Crippen molar-refractivity contribution in [1.82, 2.24) is 15.6 Å². The Labute approximate surface area is 268 Å². The molecule has 0 bridgehead atoms. The van der Waals surface area contributed by atoms with Crippen molar-refractivity contribution in [2.45, 2.75) is 45.6 Å². The van der Waals surface area contributed by atoms with Gasteiger partial charge in [-0.15, -0.1) is 0 Å². The van der Waals surface area contributed by atoms with E-state index in [2.05, 4.69) is 26.3 Å². The first-order chi connectivity index (χ1) is 21.9. The lowest BCUT2D eigenvalue weighted by Gasteiger charge is -2.22. The molecule has 2 atom stereocenters. The van der Waals surface area contributed by atoms with E-state index < -0.39 is 35.8 Å². The molecular weight excluding hydrogens is 594 g/mol. The number of pyridine rings is 1. The molecule has 0 aliphatic heterocycles. The first-order valence-electron chi connectivity index (χ1n) is 14.6. The van der Waals surface area contributed by atoms with Crippen LogP contribution < -0.4 is 35.5 Å². The van der Waals surface area contributed by atoms with Crippen molar-refractivity contribution in [1.29, 1.82) is 0 Å². The molecule has 4 amide bonds. The minimum absolute atomic E-state index is 0.0591. The summed E-state index contributed by atoms with van der Waals surface area (Å²) in [7, 11) is 4.37. The number of nitrogens with zero attached hydrogens (tertiary/aromatic N) is 1. The number of hydrogen-bond donors (Lipinski definition) is 5. The van der Waals surface area contributed by atoms with Crippen LogP contribution >= 0.6 is 0 Å². The number of anilines is 2. The number of nitrogens with one attached hydrogen (secondary N) is 4. The van der Waals surface area contributed by atoms with Crippen molar-refractivity contribution < 1.29 is 38.5 Å². The average molecular weight is 636 g/mol. The Balaban J connectivity index is 1.64. The highest BCUT2D eigenvalue weighted by Gasteiger charge is 2.26. The van der Waals surface area contributed by atoms with Gasteiger partial charge in [-0.25, -0.2) is 9.78 Å². The third-order valence-corrected chi connectivity index (χ3v) is 6.98. The smallest absolute Gasteiger partial charge is 0.324 e. The zero-order valence-corrected chi connectivity index (χ0v) is 26.8. The number of carbonyl (C=O) groups excluding carboxylic acids is 3. The summed E-state index contributed by atoms with van der Waals surface area (Å²) in [6.07, 6.45) is 1.91. The highest BCUT2D eigenvalue weighted by Crippen LogP contribution is 2.31. The zero-order chi connectivity index (χ0) is 33.8. The van der Waals surface area contributed by atoms with Crippen LogP contribution in [0.15, 0.2) is 54.7 Å². The van der Waals surface area contributed by atoms with E-state index in [0.717, 1.165) is 5.56 Å². The van der Waals surface area contributed by atoms with E-state index in [9.17, 15) is 24.3 Å². The van der Waals surface area contributed by atoms with Crippen molar-refractivity contribution in [2.24, 2.45) is 5.92 Å². The molecule has 0 radical (unpaired) electrons. The monoisotopic (exact) mass is 635 g/mol. The summed E-state index contributed by atoms with van der Waals surface area (Å²) in [5.74, 6) is -1.51. The van der Waals surface area contributed by atoms with Gasteiger partial charge in [-0.2, -0.15) is 0 Å². The Morgan fingerprint density at radius 3 is 2.20 bits per heavy atom. The van der Waals surface area contributed by atoms with E-state index in [4.69, 9.17) is 14.2 Å². The highest BCUT2D eigenvalue weighted by atomic mass is 16.5. The van der Waals surface area contributed by atoms with Crippen molar-refractivity contribution >= 4 is 35.3 Å².